The van der Waals surface area contributed by atoms with Gasteiger partial charge in [0.15, 0.2) is 0 Å². The highest BCUT2D eigenvalue weighted by molar-refractivity contribution is 7.99. The molecule has 6 heteroatoms. The van der Waals surface area contributed by atoms with E-state index in [1.807, 2.05) is 0 Å². The highest BCUT2D eigenvalue weighted by Crippen LogP contribution is 2.41. The average Bonchev–Trinajstić information content (AvgIpc) is 2.38. The Morgan fingerprint density at radius 3 is 2.76 bits per heavy atom. The standard InChI is InChI=1S/C11H10F3NOS/c1-6-5-17-8-4-2-3-7(11(12,13)14)9(8)15-10(6)16/h2-4,6H,5H2,1H3,(H,15,16). The normalized spacial score (nSPS) is 20.5. The molecule has 1 amide bonds. The summed E-state index contributed by atoms with van der Waals surface area (Å²) in [5.74, 6) is -0.179. The third-order valence-corrected chi connectivity index (χ3v) is 3.83. The third kappa shape index (κ3) is 2.41. The van der Waals surface area contributed by atoms with Crippen molar-refractivity contribution in [2.75, 3.05) is 11.1 Å². The van der Waals surface area contributed by atoms with Crippen molar-refractivity contribution in [3.8, 4) is 0 Å². The molecule has 0 aliphatic carbocycles. The first-order valence-corrected chi connectivity index (χ1v) is 6.02. The molecule has 1 unspecified atom stereocenters. The fourth-order valence-electron chi connectivity index (χ4n) is 1.55. The Labute approximate surface area is 101 Å². The maximum absolute atomic E-state index is 12.8. The molecule has 0 radical (unpaired) electrons. The Morgan fingerprint density at radius 1 is 1.41 bits per heavy atom. The summed E-state index contributed by atoms with van der Waals surface area (Å²) < 4.78 is 38.3. The zero-order valence-corrected chi connectivity index (χ0v) is 9.78. The number of rotatable bonds is 0. The van der Waals surface area contributed by atoms with Crippen LogP contribution in [0.4, 0.5) is 18.9 Å². The molecule has 0 saturated heterocycles. The number of hydrogen-bond acceptors (Lipinski definition) is 2. The van der Waals surface area contributed by atoms with Crippen molar-refractivity contribution < 1.29 is 18.0 Å². The molecule has 1 aromatic carbocycles. The van der Waals surface area contributed by atoms with Gasteiger partial charge in [0.25, 0.3) is 0 Å². The van der Waals surface area contributed by atoms with Crippen LogP contribution in [0.3, 0.4) is 0 Å². The first-order chi connectivity index (χ1) is 7.89. The van der Waals surface area contributed by atoms with Gasteiger partial charge in [0.1, 0.15) is 0 Å². The van der Waals surface area contributed by atoms with Crippen LogP contribution in [0.25, 0.3) is 0 Å². The summed E-state index contributed by atoms with van der Waals surface area (Å²) in [6, 6.07) is 3.93. The van der Waals surface area contributed by atoms with Crippen LogP contribution in [0.2, 0.25) is 0 Å². The van der Waals surface area contributed by atoms with E-state index in [0.29, 0.717) is 10.6 Å². The minimum absolute atomic E-state index is 0.112. The number of alkyl halides is 3. The molecule has 0 aromatic heterocycles. The summed E-state index contributed by atoms with van der Waals surface area (Å²) in [4.78, 5) is 12.0. The number of para-hydroxylation sites is 1. The summed E-state index contributed by atoms with van der Waals surface area (Å²) in [5, 5.41) is 2.37. The highest BCUT2D eigenvalue weighted by Gasteiger charge is 2.36. The number of benzene rings is 1. The van der Waals surface area contributed by atoms with Gasteiger partial charge in [-0.25, -0.2) is 0 Å². The van der Waals surface area contributed by atoms with E-state index in [1.54, 1.807) is 13.0 Å². The Hall–Kier alpha value is -1.17. The summed E-state index contributed by atoms with van der Waals surface area (Å²) in [7, 11) is 0. The molecule has 0 bridgehead atoms. The van der Waals surface area contributed by atoms with Crippen molar-refractivity contribution in [3.63, 3.8) is 0 Å². The van der Waals surface area contributed by atoms with Crippen LogP contribution < -0.4 is 5.32 Å². The molecule has 1 aliphatic rings. The van der Waals surface area contributed by atoms with Crippen molar-refractivity contribution in [2.45, 2.75) is 18.0 Å². The van der Waals surface area contributed by atoms with Crippen LogP contribution in [-0.2, 0) is 11.0 Å². The number of nitrogens with one attached hydrogen (secondary N) is 1. The largest absolute Gasteiger partial charge is 0.418 e. The molecule has 1 heterocycles. The number of amides is 1. The lowest BCUT2D eigenvalue weighted by Crippen LogP contribution is -2.22. The number of fused-ring (bicyclic) bond motifs is 1. The Morgan fingerprint density at radius 2 is 2.12 bits per heavy atom. The van der Waals surface area contributed by atoms with Gasteiger partial charge < -0.3 is 5.32 Å². The van der Waals surface area contributed by atoms with Crippen LogP contribution in [0.5, 0.6) is 0 Å². The minimum atomic E-state index is -4.45. The van der Waals surface area contributed by atoms with Gasteiger partial charge in [0.05, 0.1) is 11.3 Å². The Kier molecular flexibility index (Phi) is 3.07. The number of thioether (sulfide) groups is 1. The summed E-state index contributed by atoms with van der Waals surface area (Å²) in [5.41, 5.74) is -0.899. The van der Waals surface area contributed by atoms with Gasteiger partial charge in [0, 0.05) is 16.6 Å². The molecule has 0 saturated carbocycles. The van der Waals surface area contributed by atoms with Gasteiger partial charge in [-0.1, -0.05) is 13.0 Å². The van der Waals surface area contributed by atoms with Gasteiger partial charge in [-0.15, -0.1) is 11.8 Å². The quantitative estimate of drug-likeness (QED) is 0.775. The maximum Gasteiger partial charge on any atom is 0.418 e. The van der Waals surface area contributed by atoms with E-state index in [0.717, 1.165) is 6.07 Å². The van der Waals surface area contributed by atoms with Crippen LogP contribution in [-0.4, -0.2) is 11.7 Å². The van der Waals surface area contributed by atoms with E-state index in [4.69, 9.17) is 0 Å². The van der Waals surface area contributed by atoms with Gasteiger partial charge in [-0.05, 0) is 12.1 Å². The topological polar surface area (TPSA) is 29.1 Å². The summed E-state index contributed by atoms with van der Waals surface area (Å²) in [6.45, 7) is 1.70. The lowest BCUT2D eigenvalue weighted by molar-refractivity contribution is -0.137. The number of carbonyl (C=O) groups excluding carboxylic acids is 1. The van der Waals surface area contributed by atoms with Crippen molar-refractivity contribution in [2.24, 2.45) is 5.92 Å². The smallest absolute Gasteiger partial charge is 0.324 e. The number of carbonyl (C=O) groups is 1. The van der Waals surface area contributed by atoms with Crippen molar-refractivity contribution in [1.82, 2.24) is 0 Å². The molecule has 1 atom stereocenters. The Bertz CT molecular complexity index is 459. The van der Waals surface area contributed by atoms with E-state index in [2.05, 4.69) is 5.32 Å². The number of hydrogen-bond donors (Lipinski definition) is 1. The lowest BCUT2D eigenvalue weighted by atomic mass is 10.1. The third-order valence-electron chi connectivity index (χ3n) is 2.52. The van der Waals surface area contributed by atoms with E-state index in [1.165, 1.54) is 17.8 Å². The number of halogens is 3. The molecule has 1 aliphatic heterocycles. The fourth-order valence-corrected chi connectivity index (χ4v) is 2.61. The summed E-state index contributed by atoms with van der Waals surface area (Å²) >= 11 is 1.27. The molecule has 0 fully saturated rings. The average molecular weight is 261 g/mol. The van der Waals surface area contributed by atoms with Crippen LogP contribution in [0.1, 0.15) is 12.5 Å². The highest BCUT2D eigenvalue weighted by atomic mass is 32.2. The van der Waals surface area contributed by atoms with Crippen molar-refractivity contribution in [1.29, 1.82) is 0 Å². The second-order valence-corrected chi connectivity index (χ2v) is 4.94. The molecule has 2 nitrogen and oxygen atoms in total. The van der Waals surface area contributed by atoms with Crippen LogP contribution >= 0.6 is 11.8 Å². The van der Waals surface area contributed by atoms with Crippen LogP contribution in [0, 0.1) is 5.92 Å². The lowest BCUT2D eigenvalue weighted by Gasteiger charge is -2.14. The first-order valence-electron chi connectivity index (χ1n) is 5.03. The van der Waals surface area contributed by atoms with E-state index in [-0.39, 0.29) is 17.5 Å². The predicted molar refractivity (Wildman–Crippen MR) is 60.0 cm³/mol. The van der Waals surface area contributed by atoms with E-state index < -0.39 is 11.7 Å². The number of anilines is 1. The Balaban J connectivity index is 2.51. The monoisotopic (exact) mass is 261 g/mol. The second-order valence-electron chi connectivity index (χ2n) is 3.88. The van der Waals surface area contributed by atoms with E-state index in [9.17, 15) is 18.0 Å². The van der Waals surface area contributed by atoms with Crippen molar-refractivity contribution >= 4 is 23.4 Å². The zero-order chi connectivity index (χ0) is 12.6. The SMILES string of the molecule is CC1CSc2cccc(C(F)(F)F)c2NC1=O. The zero-order valence-electron chi connectivity index (χ0n) is 8.97. The summed E-state index contributed by atoms with van der Waals surface area (Å²) in [6.07, 6.45) is -4.45. The van der Waals surface area contributed by atoms with Gasteiger partial charge in [-0.3, -0.25) is 4.79 Å². The molecular formula is C11H10F3NOS. The van der Waals surface area contributed by atoms with Crippen molar-refractivity contribution in [3.05, 3.63) is 23.8 Å². The predicted octanol–water partition coefficient (Wildman–Crippen LogP) is 3.39. The van der Waals surface area contributed by atoms with E-state index >= 15 is 0 Å². The molecule has 1 N–H and O–H groups in total. The molecule has 92 valence electrons. The molecule has 0 spiro atoms. The molecule has 2 rings (SSSR count). The van der Waals surface area contributed by atoms with Gasteiger partial charge in [0.2, 0.25) is 5.91 Å². The van der Waals surface area contributed by atoms with Gasteiger partial charge >= 0.3 is 6.18 Å². The minimum Gasteiger partial charge on any atom is -0.324 e. The molecule has 17 heavy (non-hydrogen) atoms. The maximum atomic E-state index is 12.8. The molecule has 1 aromatic rings. The van der Waals surface area contributed by atoms with Gasteiger partial charge in [-0.2, -0.15) is 13.2 Å². The second kappa shape index (κ2) is 4.25. The van der Waals surface area contributed by atoms with Crippen LogP contribution in [0.15, 0.2) is 23.1 Å². The fraction of sp³-hybridized carbons (Fsp3) is 0.364. The first kappa shape index (κ1) is 12.3. The molecular weight excluding hydrogens is 251 g/mol.